The number of nitrogens with zero attached hydrogens (tertiary/aromatic N) is 1. The van der Waals surface area contributed by atoms with Crippen LogP contribution >= 0.6 is 11.8 Å². The number of nitrogens with two attached hydrogens (primary N) is 1. The first-order valence-electron chi connectivity index (χ1n) is 6.46. The van der Waals surface area contributed by atoms with Crippen molar-refractivity contribution in [3.8, 4) is 5.75 Å². The van der Waals surface area contributed by atoms with E-state index in [-0.39, 0.29) is 17.3 Å². The Morgan fingerprint density at radius 2 is 2.09 bits per heavy atom. The number of ether oxygens (including phenoxy) is 1. The van der Waals surface area contributed by atoms with Gasteiger partial charge >= 0.3 is 0 Å². The molecule has 1 aromatic heterocycles. The lowest BCUT2D eigenvalue weighted by molar-refractivity contribution is -0.115. The van der Waals surface area contributed by atoms with Crippen molar-refractivity contribution >= 4 is 29.2 Å². The Morgan fingerprint density at radius 3 is 2.68 bits per heavy atom. The Labute approximate surface area is 131 Å². The molecule has 1 heterocycles. The molecule has 1 aromatic carbocycles. The molecule has 0 aliphatic rings. The summed E-state index contributed by atoms with van der Waals surface area (Å²) < 4.78 is 5.05. The number of hydrogen-bond donors (Lipinski definition) is 3. The number of anilines is 2. The SMILES string of the molecule is COc1ccc(NC(=O)[C@@H](C)Sc2nc(N)cc(=O)[nH]2)cc1. The fourth-order valence-electron chi connectivity index (χ4n) is 1.65. The fourth-order valence-corrected chi connectivity index (χ4v) is 2.47. The summed E-state index contributed by atoms with van der Waals surface area (Å²) in [4.78, 5) is 29.9. The first-order valence-corrected chi connectivity index (χ1v) is 7.34. The maximum Gasteiger partial charge on any atom is 0.253 e. The first-order chi connectivity index (χ1) is 10.5. The maximum atomic E-state index is 12.1. The monoisotopic (exact) mass is 320 g/mol. The number of hydrogen-bond acceptors (Lipinski definition) is 6. The van der Waals surface area contributed by atoms with E-state index < -0.39 is 5.25 Å². The molecule has 0 spiro atoms. The minimum Gasteiger partial charge on any atom is -0.497 e. The van der Waals surface area contributed by atoms with Gasteiger partial charge in [0.2, 0.25) is 5.91 Å². The van der Waals surface area contributed by atoms with Crippen LogP contribution in [0, 0.1) is 0 Å². The number of benzene rings is 1. The van der Waals surface area contributed by atoms with E-state index in [1.54, 1.807) is 38.3 Å². The number of amides is 1. The molecule has 0 aliphatic heterocycles. The molecule has 2 rings (SSSR count). The second-order valence-electron chi connectivity index (χ2n) is 4.45. The summed E-state index contributed by atoms with van der Waals surface area (Å²) in [7, 11) is 1.58. The van der Waals surface area contributed by atoms with E-state index in [0.717, 1.165) is 11.8 Å². The molecule has 0 saturated heterocycles. The van der Waals surface area contributed by atoms with Gasteiger partial charge in [-0.15, -0.1) is 0 Å². The Morgan fingerprint density at radius 1 is 1.41 bits per heavy atom. The molecule has 0 radical (unpaired) electrons. The number of carbonyl (C=O) groups is 1. The van der Waals surface area contributed by atoms with Gasteiger partial charge in [0.05, 0.1) is 12.4 Å². The molecule has 0 unspecified atom stereocenters. The smallest absolute Gasteiger partial charge is 0.253 e. The average molecular weight is 320 g/mol. The number of nitrogen functional groups attached to an aromatic ring is 1. The molecule has 0 fully saturated rings. The van der Waals surface area contributed by atoms with Crippen molar-refractivity contribution in [2.24, 2.45) is 0 Å². The molecule has 4 N–H and O–H groups in total. The van der Waals surface area contributed by atoms with E-state index in [4.69, 9.17) is 10.5 Å². The van der Waals surface area contributed by atoms with Crippen molar-refractivity contribution in [2.45, 2.75) is 17.3 Å². The largest absolute Gasteiger partial charge is 0.497 e. The highest BCUT2D eigenvalue weighted by atomic mass is 32.2. The Bertz CT molecular complexity index is 715. The van der Waals surface area contributed by atoms with Crippen LogP contribution in [-0.4, -0.2) is 28.2 Å². The number of carbonyl (C=O) groups excluding carboxylic acids is 1. The summed E-state index contributed by atoms with van der Waals surface area (Å²) in [5.74, 6) is 0.621. The van der Waals surface area contributed by atoms with Crippen LogP contribution in [0.5, 0.6) is 5.75 Å². The Hall–Kier alpha value is -2.48. The van der Waals surface area contributed by atoms with Crippen LogP contribution < -0.4 is 21.3 Å². The van der Waals surface area contributed by atoms with E-state index >= 15 is 0 Å². The molecule has 1 atom stereocenters. The van der Waals surface area contributed by atoms with Gasteiger partial charge in [0.1, 0.15) is 11.6 Å². The molecule has 0 aliphatic carbocycles. The molecule has 0 bridgehead atoms. The molecule has 116 valence electrons. The molecular formula is C14H16N4O3S. The Balaban J connectivity index is 2.00. The van der Waals surface area contributed by atoms with Crippen LogP contribution in [0.2, 0.25) is 0 Å². The van der Waals surface area contributed by atoms with Crippen molar-refractivity contribution in [1.82, 2.24) is 9.97 Å². The highest BCUT2D eigenvalue weighted by Gasteiger charge is 2.16. The zero-order chi connectivity index (χ0) is 16.1. The van der Waals surface area contributed by atoms with Crippen molar-refractivity contribution in [1.29, 1.82) is 0 Å². The van der Waals surface area contributed by atoms with Crippen LogP contribution in [0.15, 0.2) is 40.3 Å². The topological polar surface area (TPSA) is 110 Å². The van der Waals surface area contributed by atoms with Crippen molar-refractivity contribution in [2.75, 3.05) is 18.2 Å². The van der Waals surface area contributed by atoms with Crippen LogP contribution in [0.4, 0.5) is 11.5 Å². The number of H-pyrrole nitrogens is 1. The Kier molecular flexibility index (Phi) is 5.05. The van der Waals surface area contributed by atoms with Gasteiger partial charge in [0.15, 0.2) is 5.16 Å². The highest BCUT2D eigenvalue weighted by Crippen LogP contribution is 2.21. The maximum absolute atomic E-state index is 12.1. The number of thioether (sulfide) groups is 1. The van der Waals surface area contributed by atoms with E-state index in [1.807, 2.05) is 0 Å². The molecule has 0 saturated carbocycles. The van der Waals surface area contributed by atoms with Crippen LogP contribution in [0.1, 0.15) is 6.92 Å². The lowest BCUT2D eigenvalue weighted by Gasteiger charge is -2.11. The predicted molar refractivity (Wildman–Crippen MR) is 86.2 cm³/mol. The van der Waals surface area contributed by atoms with Crippen molar-refractivity contribution in [3.05, 3.63) is 40.7 Å². The van der Waals surface area contributed by atoms with Crippen LogP contribution in [0.25, 0.3) is 0 Å². The van der Waals surface area contributed by atoms with E-state index in [2.05, 4.69) is 15.3 Å². The predicted octanol–water partition coefficient (Wildman–Crippen LogP) is 1.48. The van der Waals surface area contributed by atoms with Gasteiger partial charge in [0, 0.05) is 11.8 Å². The number of methoxy groups -OCH3 is 1. The van der Waals surface area contributed by atoms with Gasteiger partial charge < -0.3 is 20.8 Å². The zero-order valence-corrected chi connectivity index (χ0v) is 12.9. The minimum absolute atomic E-state index is 0.119. The van der Waals surface area contributed by atoms with Crippen LogP contribution in [0.3, 0.4) is 0 Å². The fraction of sp³-hybridized carbons (Fsp3) is 0.214. The summed E-state index contributed by atoms with van der Waals surface area (Å²) >= 11 is 1.12. The molecule has 7 nitrogen and oxygen atoms in total. The second kappa shape index (κ2) is 6.99. The quantitative estimate of drug-likeness (QED) is 0.568. The summed E-state index contributed by atoms with van der Waals surface area (Å²) in [6.07, 6.45) is 0. The summed E-state index contributed by atoms with van der Waals surface area (Å²) in [6.45, 7) is 1.71. The molecular weight excluding hydrogens is 304 g/mol. The zero-order valence-electron chi connectivity index (χ0n) is 12.1. The summed E-state index contributed by atoms with van der Waals surface area (Å²) in [5, 5.41) is 2.63. The molecule has 8 heteroatoms. The van der Waals surface area contributed by atoms with Crippen molar-refractivity contribution in [3.63, 3.8) is 0 Å². The lowest BCUT2D eigenvalue weighted by Crippen LogP contribution is -2.23. The van der Waals surface area contributed by atoms with Gasteiger partial charge in [-0.05, 0) is 31.2 Å². The molecule has 1 amide bonds. The third-order valence-electron chi connectivity index (χ3n) is 2.75. The van der Waals surface area contributed by atoms with Crippen LogP contribution in [-0.2, 0) is 4.79 Å². The third kappa shape index (κ3) is 4.26. The average Bonchev–Trinajstić information content (AvgIpc) is 2.46. The lowest BCUT2D eigenvalue weighted by atomic mass is 10.3. The number of rotatable bonds is 5. The van der Waals surface area contributed by atoms with E-state index in [1.165, 1.54) is 6.07 Å². The third-order valence-corrected chi connectivity index (χ3v) is 3.74. The highest BCUT2D eigenvalue weighted by molar-refractivity contribution is 8.00. The standard InChI is InChI=1S/C14H16N4O3S/c1-8(22-14-17-11(15)7-12(19)18-14)13(20)16-9-3-5-10(21-2)6-4-9/h3-8H,1-2H3,(H,16,20)(H3,15,17,18,19)/t8-/m1/s1. The molecule has 22 heavy (non-hydrogen) atoms. The summed E-state index contributed by atoms with van der Waals surface area (Å²) in [6, 6.07) is 8.18. The number of nitrogens with one attached hydrogen (secondary N) is 2. The normalized spacial score (nSPS) is 11.7. The second-order valence-corrected chi connectivity index (χ2v) is 5.78. The van der Waals surface area contributed by atoms with Gasteiger partial charge in [-0.1, -0.05) is 11.8 Å². The summed E-state index contributed by atoms with van der Waals surface area (Å²) in [5.41, 5.74) is 5.82. The molecule has 2 aromatic rings. The van der Waals surface area contributed by atoms with Gasteiger partial charge in [-0.2, -0.15) is 0 Å². The van der Waals surface area contributed by atoms with Gasteiger partial charge in [0.25, 0.3) is 5.56 Å². The van der Waals surface area contributed by atoms with E-state index in [0.29, 0.717) is 16.6 Å². The van der Waals surface area contributed by atoms with Gasteiger partial charge in [-0.25, -0.2) is 4.98 Å². The van der Waals surface area contributed by atoms with E-state index in [9.17, 15) is 9.59 Å². The van der Waals surface area contributed by atoms with Crippen molar-refractivity contribution < 1.29 is 9.53 Å². The number of aromatic nitrogens is 2. The first kappa shape index (κ1) is 15.9. The van der Waals surface area contributed by atoms with Gasteiger partial charge in [-0.3, -0.25) is 9.59 Å². The number of aromatic amines is 1. The minimum atomic E-state index is -0.452.